The normalized spacial score (nSPS) is 19.8. The third-order valence-electron chi connectivity index (χ3n) is 2.76. The number of piperazine rings is 1. The third-order valence-corrected chi connectivity index (χ3v) is 3.45. The van der Waals surface area contributed by atoms with Crippen LogP contribution in [0.5, 0.6) is 0 Å². The van der Waals surface area contributed by atoms with E-state index >= 15 is 0 Å². The molecular formula is C12H12BrN3O. The number of nitrogens with one attached hydrogen (secondary N) is 1. The number of carbonyl (C=O) groups excluding carboxylic acids is 1. The highest BCUT2D eigenvalue weighted by atomic mass is 79.9. The molecule has 1 amide bonds. The van der Waals surface area contributed by atoms with Crippen LogP contribution in [0.25, 0.3) is 0 Å². The van der Waals surface area contributed by atoms with Gasteiger partial charge < -0.3 is 10.2 Å². The zero-order valence-corrected chi connectivity index (χ0v) is 10.8. The summed E-state index contributed by atoms with van der Waals surface area (Å²) in [4.78, 5) is 13.9. The Balaban J connectivity index is 2.25. The molecule has 0 radical (unpaired) electrons. The molecule has 1 aromatic rings. The van der Waals surface area contributed by atoms with Crippen molar-refractivity contribution in [2.24, 2.45) is 0 Å². The average Bonchev–Trinajstić information content (AvgIpc) is 2.38. The van der Waals surface area contributed by atoms with Crippen LogP contribution in [0.4, 0.5) is 0 Å². The molecule has 1 aromatic carbocycles. The van der Waals surface area contributed by atoms with Crippen molar-refractivity contribution in [1.82, 2.24) is 10.2 Å². The first-order valence-electron chi connectivity index (χ1n) is 5.40. The first-order chi connectivity index (χ1) is 8.24. The van der Waals surface area contributed by atoms with Crippen molar-refractivity contribution in [1.29, 1.82) is 5.26 Å². The fourth-order valence-electron chi connectivity index (χ4n) is 1.85. The van der Waals surface area contributed by atoms with Gasteiger partial charge in [0.1, 0.15) is 6.04 Å². The molecule has 0 saturated carbocycles. The van der Waals surface area contributed by atoms with Gasteiger partial charge in [-0.25, -0.2) is 0 Å². The fourth-order valence-corrected chi connectivity index (χ4v) is 2.31. The number of hydrogen-bond acceptors (Lipinski definition) is 3. The van der Waals surface area contributed by atoms with Gasteiger partial charge in [-0.2, -0.15) is 5.26 Å². The molecule has 0 aliphatic carbocycles. The van der Waals surface area contributed by atoms with Crippen LogP contribution in [0.15, 0.2) is 28.7 Å². The molecule has 17 heavy (non-hydrogen) atoms. The van der Waals surface area contributed by atoms with Gasteiger partial charge in [0.2, 0.25) is 0 Å². The predicted octanol–water partition coefficient (Wildman–Crippen LogP) is 1.39. The zero-order valence-electron chi connectivity index (χ0n) is 9.19. The van der Waals surface area contributed by atoms with Gasteiger partial charge in [0, 0.05) is 24.1 Å². The number of rotatable bonds is 1. The second-order valence-corrected chi connectivity index (χ2v) is 4.68. The van der Waals surface area contributed by atoms with E-state index in [0.717, 1.165) is 11.0 Å². The summed E-state index contributed by atoms with van der Waals surface area (Å²) in [7, 11) is 0. The smallest absolute Gasteiger partial charge is 0.256 e. The van der Waals surface area contributed by atoms with Crippen LogP contribution < -0.4 is 5.32 Å². The lowest BCUT2D eigenvalue weighted by atomic mass is 10.1. The second kappa shape index (κ2) is 5.30. The van der Waals surface area contributed by atoms with Crippen LogP contribution in [0.2, 0.25) is 0 Å². The molecule has 1 aliphatic rings. The van der Waals surface area contributed by atoms with Gasteiger partial charge in [0.05, 0.1) is 11.6 Å². The summed E-state index contributed by atoms with van der Waals surface area (Å²) >= 11 is 3.36. The molecule has 1 aliphatic heterocycles. The topological polar surface area (TPSA) is 56.1 Å². The number of nitriles is 1. The van der Waals surface area contributed by atoms with Gasteiger partial charge >= 0.3 is 0 Å². The number of halogens is 1. The summed E-state index contributed by atoms with van der Waals surface area (Å²) in [6.07, 6.45) is 0. The van der Waals surface area contributed by atoms with Crippen molar-refractivity contribution < 1.29 is 4.79 Å². The molecule has 1 N–H and O–H groups in total. The molecule has 1 unspecified atom stereocenters. The van der Waals surface area contributed by atoms with Crippen molar-refractivity contribution in [3.8, 4) is 6.07 Å². The lowest BCUT2D eigenvalue weighted by Gasteiger charge is -2.32. The van der Waals surface area contributed by atoms with Crippen molar-refractivity contribution in [3.63, 3.8) is 0 Å². The van der Waals surface area contributed by atoms with E-state index in [1.165, 1.54) is 0 Å². The molecule has 1 heterocycles. The van der Waals surface area contributed by atoms with Gasteiger partial charge in [-0.3, -0.25) is 4.79 Å². The first kappa shape index (κ1) is 12.1. The van der Waals surface area contributed by atoms with E-state index in [2.05, 4.69) is 27.3 Å². The maximum Gasteiger partial charge on any atom is 0.256 e. The van der Waals surface area contributed by atoms with Crippen LogP contribution in [0.1, 0.15) is 10.4 Å². The zero-order chi connectivity index (χ0) is 12.3. The van der Waals surface area contributed by atoms with Crippen LogP contribution in [-0.2, 0) is 0 Å². The highest BCUT2D eigenvalue weighted by Gasteiger charge is 2.27. The largest absolute Gasteiger partial charge is 0.320 e. The Hall–Kier alpha value is -1.38. The van der Waals surface area contributed by atoms with E-state index in [4.69, 9.17) is 5.26 Å². The van der Waals surface area contributed by atoms with Gasteiger partial charge in [0.25, 0.3) is 5.91 Å². The third kappa shape index (κ3) is 2.48. The Labute approximate surface area is 108 Å². The Morgan fingerprint density at radius 1 is 1.53 bits per heavy atom. The predicted molar refractivity (Wildman–Crippen MR) is 67.4 cm³/mol. The van der Waals surface area contributed by atoms with Gasteiger partial charge in [-0.05, 0) is 28.1 Å². The number of benzene rings is 1. The Morgan fingerprint density at radius 3 is 3.00 bits per heavy atom. The Bertz CT molecular complexity index is 469. The van der Waals surface area contributed by atoms with Crippen molar-refractivity contribution in [2.75, 3.05) is 19.6 Å². The quantitative estimate of drug-likeness (QED) is 0.851. The number of nitrogens with zero attached hydrogens (tertiary/aromatic N) is 2. The molecule has 1 fully saturated rings. The van der Waals surface area contributed by atoms with Crippen LogP contribution in [-0.4, -0.2) is 36.5 Å². The van der Waals surface area contributed by atoms with Crippen molar-refractivity contribution in [3.05, 3.63) is 34.3 Å². The summed E-state index contributed by atoms with van der Waals surface area (Å²) in [5.41, 5.74) is 0.606. The lowest BCUT2D eigenvalue weighted by Crippen LogP contribution is -2.53. The molecule has 2 rings (SSSR count). The van der Waals surface area contributed by atoms with E-state index < -0.39 is 0 Å². The van der Waals surface area contributed by atoms with E-state index in [9.17, 15) is 4.79 Å². The Morgan fingerprint density at radius 2 is 2.29 bits per heavy atom. The fraction of sp³-hybridized carbons (Fsp3) is 0.333. The summed E-state index contributed by atoms with van der Waals surface area (Å²) in [5, 5.41) is 12.1. The summed E-state index contributed by atoms with van der Waals surface area (Å²) < 4.78 is 0.764. The highest BCUT2D eigenvalue weighted by molar-refractivity contribution is 9.10. The summed E-state index contributed by atoms with van der Waals surface area (Å²) in [6.45, 7) is 1.83. The molecule has 1 saturated heterocycles. The van der Waals surface area contributed by atoms with E-state index in [1.54, 1.807) is 11.0 Å². The monoisotopic (exact) mass is 293 g/mol. The first-order valence-corrected chi connectivity index (χ1v) is 6.19. The average molecular weight is 294 g/mol. The summed E-state index contributed by atoms with van der Waals surface area (Å²) in [5.74, 6) is -0.0921. The van der Waals surface area contributed by atoms with E-state index in [1.807, 2.05) is 18.2 Å². The van der Waals surface area contributed by atoms with Crippen LogP contribution in [0.3, 0.4) is 0 Å². The minimum absolute atomic E-state index is 0.0921. The van der Waals surface area contributed by atoms with Gasteiger partial charge in [0.15, 0.2) is 0 Å². The molecular weight excluding hydrogens is 282 g/mol. The molecule has 4 nitrogen and oxygen atoms in total. The maximum absolute atomic E-state index is 12.3. The molecule has 0 bridgehead atoms. The Kier molecular flexibility index (Phi) is 3.77. The highest BCUT2D eigenvalue weighted by Crippen LogP contribution is 2.19. The maximum atomic E-state index is 12.3. The minimum Gasteiger partial charge on any atom is -0.320 e. The number of carbonyl (C=O) groups is 1. The lowest BCUT2D eigenvalue weighted by molar-refractivity contribution is 0.0686. The molecule has 1 atom stereocenters. The number of amides is 1. The number of hydrogen-bond donors (Lipinski definition) is 1. The van der Waals surface area contributed by atoms with Gasteiger partial charge in [-0.1, -0.05) is 12.1 Å². The van der Waals surface area contributed by atoms with Crippen molar-refractivity contribution >= 4 is 21.8 Å². The molecule has 0 spiro atoms. The standard InChI is InChI=1S/C12H12BrN3O/c13-11-4-2-1-3-10(11)12(17)16-6-5-15-8-9(16)7-14/h1-4,9,15H,5-6,8H2. The second-order valence-electron chi connectivity index (χ2n) is 3.83. The van der Waals surface area contributed by atoms with Crippen LogP contribution in [0, 0.1) is 11.3 Å². The van der Waals surface area contributed by atoms with Crippen LogP contribution >= 0.6 is 15.9 Å². The molecule has 5 heteroatoms. The van der Waals surface area contributed by atoms with E-state index in [-0.39, 0.29) is 11.9 Å². The van der Waals surface area contributed by atoms with E-state index in [0.29, 0.717) is 18.7 Å². The minimum atomic E-state index is -0.386. The van der Waals surface area contributed by atoms with Crippen molar-refractivity contribution in [2.45, 2.75) is 6.04 Å². The molecule has 0 aromatic heterocycles. The molecule has 88 valence electrons. The van der Waals surface area contributed by atoms with Gasteiger partial charge in [-0.15, -0.1) is 0 Å². The summed E-state index contributed by atoms with van der Waals surface area (Å²) in [6, 6.07) is 9.05. The SMILES string of the molecule is N#CC1CNCCN1C(=O)c1ccccc1Br.